The number of hydrogen-bond acceptors (Lipinski definition) is 5. The second-order valence-electron chi connectivity index (χ2n) is 5.23. The molecule has 0 saturated carbocycles. The fraction of sp³-hybridized carbons (Fsp3) is 0.111. The Labute approximate surface area is 132 Å². The van der Waals surface area contributed by atoms with Crippen LogP contribution in [-0.4, -0.2) is 10.1 Å². The fourth-order valence-corrected chi connectivity index (χ4v) is 2.45. The van der Waals surface area contributed by atoms with Gasteiger partial charge in [0.1, 0.15) is 11.3 Å². The van der Waals surface area contributed by atoms with Gasteiger partial charge >= 0.3 is 0 Å². The van der Waals surface area contributed by atoms with E-state index in [-0.39, 0.29) is 0 Å². The zero-order valence-electron chi connectivity index (χ0n) is 12.4. The highest BCUT2D eigenvalue weighted by Crippen LogP contribution is 2.19. The maximum atomic E-state index is 5.75. The van der Waals surface area contributed by atoms with Gasteiger partial charge in [-0.05, 0) is 12.1 Å². The summed E-state index contributed by atoms with van der Waals surface area (Å²) in [6, 6.07) is 19.8. The highest BCUT2D eigenvalue weighted by atomic mass is 16.5. The van der Waals surface area contributed by atoms with Crippen molar-refractivity contribution < 1.29 is 8.94 Å². The Hall–Kier alpha value is -2.92. The lowest BCUT2D eigenvalue weighted by molar-refractivity contribution is 0.364. The highest BCUT2D eigenvalue weighted by Gasteiger charge is 2.08. The molecule has 0 aliphatic carbocycles. The molecule has 23 heavy (non-hydrogen) atoms. The van der Waals surface area contributed by atoms with Gasteiger partial charge in [0.15, 0.2) is 0 Å². The molecule has 0 aliphatic rings. The second kappa shape index (κ2) is 6.06. The quantitative estimate of drug-likeness (QED) is 0.608. The predicted octanol–water partition coefficient (Wildman–Crippen LogP) is 3.77. The average molecular weight is 305 g/mol. The van der Waals surface area contributed by atoms with E-state index in [1.807, 2.05) is 60.7 Å². The molecule has 4 aromatic rings. The summed E-state index contributed by atoms with van der Waals surface area (Å²) in [4.78, 5) is 4.38. The van der Waals surface area contributed by atoms with Crippen LogP contribution in [0.5, 0.6) is 0 Å². The van der Waals surface area contributed by atoms with Gasteiger partial charge in [-0.25, -0.2) is 0 Å². The summed E-state index contributed by atoms with van der Waals surface area (Å²) in [5.74, 6) is 2.04. The van der Waals surface area contributed by atoms with Crippen LogP contribution in [0.15, 0.2) is 69.6 Å². The third-order valence-electron chi connectivity index (χ3n) is 3.55. The summed E-state index contributed by atoms with van der Waals surface area (Å²) in [5.41, 5.74) is 1.84. The molecule has 0 radical (unpaired) electrons. The van der Waals surface area contributed by atoms with Crippen molar-refractivity contribution >= 4 is 11.0 Å². The molecule has 2 heterocycles. The van der Waals surface area contributed by atoms with Crippen LogP contribution in [0.4, 0.5) is 0 Å². The highest BCUT2D eigenvalue weighted by molar-refractivity contribution is 5.77. The van der Waals surface area contributed by atoms with E-state index < -0.39 is 0 Å². The zero-order valence-corrected chi connectivity index (χ0v) is 12.4. The molecule has 0 saturated heterocycles. The Morgan fingerprint density at radius 2 is 1.74 bits per heavy atom. The zero-order chi connectivity index (χ0) is 15.5. The average Bonchev–Trinajstić information content (AvgIpc) is 3.22. The molecule has 0 bridgehead atoms. The number of rotatable bonds is 5. The molecule has 4 rings (SSSR count). The summed E-state index contributed by atoms with van der Waals surface area (Å²) >= 11 is 0. The van der Waals surface area contributed by atoms with Gasteiger partial charge in [-0.3, -0.25) is 0 Å². The lowest BCUT2D eigenvalue weighted by Crippen LogP contribution is -2.12. The minimum atomic E-state index is 0.497. The van der Waals surface area contributed by atoms with Gasteiger partial charge in [-0.1, -0.05) is 53.7 Å². The third-order valence-corrected chi connectivity index (χ3v) is 3.55. The first-order valence-corrected chi connectivity index (χ1v) is 7.45. The predicted molar refractivity (Wildman–Crippen MR) is 86.5 cm³/mol. The minimum Gasteiger partial charge on any atom is -0.460 e. The molecule has 0 spiro atoms. The van der Waals surface area contributed by atoms with Crippen molar-refractivity contribution in [2.24, 2.45) is 0 Å². The fourth-order valence-electron chi connectivity index (χ4n) is 2.45. The molecular weight excluding hydrogens is 290 g/mol. The van der Waals surface area contributed by atoms with Crippen LogP contribution in [0.25, 0.3) is 22.4 Å². The Balaban J connectivity index is 1.39. The number of benzene rings is 2. The van der Waals surface area contributed by atoms with Crippen LogP contribution in [0.2, 0.25) is 0 Å². The summed E-state index contributed by atoms with van der Waals surface area (Å²) in [6.07, 6.45) is 0. The van der Waals surface area contributed by atoms with Crippen molar-refractivity contribution in [3.63, 3.8) is 0 Å². The Kier molecular flexibility index (Phi) is 3.62. The van der Waals surface area contributed by atoms with Crippen molar-refractivity contribution in [1.82, 2.24) is 15.5 Å². The molecule has 0 amide bonds. The van der Waals surface area contributed by atoms with Gasteiger partial charge in [0, 0.05) is 10.9 Å². The van der Waals surface area contributed by atoms with Gasteiger partial charge < -0.3 is 14.3 Å². The second-order valence-corrected chi connectivity index (χ2v) is 5.23. The number of nitrogens with zero attached hydrogens (tertiary/aromatic N) is 2. The van der Waals surface area contributed by atoms with Gasteiger partial charge in [-0.2, -0.15) is 4.98 Å². The van der Waals surface area contributed by atoms with E-state index in [2.05, 4.69) is 15.5 Å². The molecule has 114 valence electrons. The Morgan fingerprint density at radius 1 is 0.913 bits per heavy atom. The van der Waals surface area contributed by atoms with Crippen molar-refractivity contribution in [2.45, 2.75) is 13.1 Å². The van der Waals surface area contributed by atoms with Crippen molar-refractivity contribution in [3.8, 4) is 11.4 Å². The summed E-state index contributed by atoms with van der Waals surface area (Å²) in [6.45, 7) is 1.11. The maximum Gasteiger partial charge on any atom is 0.240 e. The first kappa shape index (κ1) is 13.7. The van der Waals surface area contributed by atoms with Crippen LogP contribution < -0.4 is 5.32 Å². The molecular formula is C18H15N3O2. The summed E-state index contributed by atoms with van der Waals surface area (Å²) in [5, 5.41) is 8.36. The van der Waals surface area contributed by atoms with Crippen LogP contribution in [0, 0.1) is 0 Å². The Morgan fingerprint density at radius 3 is 2.61 bits per heavy atom. The Bertz CT molecular complexity index is 879. The van der Waals surface area contributed by atoms with E-state index in [4.69, 9.17) is 8.94 Å². The van der Waals surface area contributed by atoms with Crippen molar-refractivity contribution in [3.05, 3.63) is 72.3 Å². The number of fused-ring (bicyclic) bond motifs is 1. The van der Waals surface area contributed by atoms with Crippen LogP contribution in [0.1, 0.15) is 11.7 Å². The first-order valence-electron chi connectivity index (χ1n) is 7.45. The molecule has 2 aromatic heterocycles. The van der Waals surface area contributed by atoms with Gasteiger partial charge in [0.2, 0.25) is 11.7 Å². The van der Waals surface area contributed by atoms with Crippen LogP contribution in [0.3, 0.4) is 0 Å². The van der Waals surface area contributed by atoms with Crippen LogP contribution >= 0.6 is 0 Å². The summed E-state index contributed by atoms with van der Waals surface area (Å²) in [7, 11) is 0. The molecule has 2 aromatic carbocycles. The smallest absolute Gasteiger partial charge is 0.240 e. The standard InChI is InChI=1S/C18H15N3O2/c1-2-6-13(7-3-1)18-20-17(23-21-18)12-19-11-15-10-14-8-4-5-9-16(14)22-15/h1-10,19H,11-12H2. The van der Waals surface area contributed by atoms with Crippen LogP contribution in [-0.2, 0) is 13.1 Å². The molecule has 5 nitrogen and oxygen atoms in total. The van der Waals surface area contributed by atoms with Gasteiger partial charge in [-0.15, -0.1) is 0 Å². The largest absolute Gasteiger partial charge is 0.460 e. The molecule has 0 atom stereocenters. The lowest BCUT2D eigenvalue weighted by atomic mass is 10.2. The van der Waals surface area contributed by atoms with Gasteiger partial charge in [0.25, 0.3) is 0 Å². The number of hydrogen-bond donors (Lipinski definition) is 1. The van der Waals surface area contributed by atoms with E-state index >= 15 is 0 Å². The van der Waals surface area contributed by atoms with E-state index in [9.17, 15) is 0 Å². The third kappa shape index (κ3) is 3.00. The topological polar surface area (TPSA) is 64.1 Å². The molecule has 1 N–H and O–H groups in total. The van der Waals surface area contributed by atoms with Crippen molar-refractivity contribution in [1.29, 1.82) is 0 Å². The lowest BCUT2D eigenvalue weighted by Gasteiger charge is -1.97. The van der Waals surface area contributed by atoms with Gasteiger partial charge in [0.05, 0.1) is 13.1 Å². The number of para-hydroxylation sites is 1. The number of nitrogens with one attached hydrogen (secondary N) is 1. The molecule has 5 heteroatoms. The van der Waals surface area contributed by atoms with E-state index in [1.165, 1.54) is 0 Å². The van der Waals surface area contributed by atoms with E-state index in [0.29, 0.717) is 24.8 Å². The number of furan rings is 1. The molecule has 0 unspecified atom stereocenters. The maximum absolute atomic E-state index is 5.75. The number of aromatic nitrogens is 2. The van der Waals surface area contributed by atoms with Crippen molar-refractivity contribution in [2.75, 3.05) is 0 Å². The van der Waals surface area contributed by atoms with E-state index in [0.717, 1.165) is 22.3 Å². The minimum absolute atomic E-state index is 0.497. The summed E-state index contributed by atoms with van der Waals surface area (Å²) < 4.78 is 11.0. The monoisotopic (exact) mass is 305 g/mol. The normalized spacial score (nSPS) is 11.1. The first-order chi connectivity index (χ1) is 11.4. The SMILES string of the molecule is c1ccc(-c2noc(CNCc3cc4ccccc4o3)n2)cc1. The molecule has 0 fully saturated rings. The van der Waals surface area contributed by atoms with E-state index in [1.54, 1.807) is 0 Å². The molecule has 0 aliphatic heterocycles.